The van der Waals surface area contributed by atoms with E-state index in [-0.39, 0.29) is 29.3 Å². The van der Waals surface area contributed by atoms with Gasteiger partial charge in [-0.3, -0.25) is 0 Å². The van der Waals surface area contributed by atoms with E-state index in [0.29, 0.717) is 6.61 Å². The van der Waals surface area contributed by atoms with Crippen molar-refractivity contribution < 1.29 is 14.6 Å². The summed E-state index contributed by atoms with van der Waals surface area (Å²) in [6, 6.07) is 10.3. The Morgan fingerprint density at radius 2 is 2.00 bits per heavy atom. The minimum Gasteiger partial charge on any atom is -0.396 e. The minimum atomic E-state index is -0.237. The summed E-state index contributed by atoms with van der Waals surface area (Å²) in [5, 5.41) is 9.80. The third-order valence-electron chi connectivity index (χ3n) is 5.97. The van der Waals surface area contributed by atoms with E-state index in [0.717, 1.165) is 25.7 Å². The number of ether oxygens (including phenoxy) is 2. The largest absolute Gasteiger partial charge is 0.396 e. The highest BCUT2D eigenvalue weighted by Gasteiger charge is 2.65. The molecule has 0 saturated carbocycles. The number of rotatable bonds is 6. The lowest BCUT2D eigenvalue weighted by Gasteiger charge is -2.40. The number of aliphatic hydroxyl groups excluding tert-OH is 1. The highest BCUT2D eigenvalue weighted by molar-refractivity contribution is 5.16. The first-order valence-corrected chi connectivity index (χ1v) is 8.43. The third-order valence-corrected chi connectivity index (χ3v) is 5.97. The quantitative estimate of drug-likeness (QED) is 0.871. The van der Waals surface area contributed by atoms with Crippen molar-refractivity contribution in [2.75, 3.05) is 6.61 Å². The van der Waals surface area contributed by atoms with Crippen LogP contribution in [0.5, 0.6) is 0 Å². The second-order valence-corrected chi connectivity index (χ2v) is 7.55. The van der Waals surface area contributed by atoms with E-state index in [1.54, 1.807) is 0 Å². The van der Waals surface area contributed by atoms with E-state index in [1.807, 2.05) is 18.2 Å². The molecule has 1 aromatic carbocycles. The zero-order valence-corrected chi connectivity index (χ0v) is 14.0. The average Bonchev–Trinajstić information content (AvgIpc) is 3.10. The Kier molecular flexibility index (Phi) is 4.09. The smallest absolute Gasteiger partial charge is 0.0950 e. The van der Waals surface area contributed by atoms with Crippen LogP contribution < -0.4 is 0 Å². The van der Waals surface area contributed by atoms with Gasteiger partial charge in [-0.2, -0.15) is 0 Å². The fourth-order valence-corrected chi connectivity index (χ4v) is 4.12. The SMILES string of the molecule is CCC12CCC(C(C)(C)CO)(CC1OCc1ccccc1)O2. The molecule has 3 nitrogen and oxygen atoms in total. The van der Waals surface area contributed by atoms with Gasteiger partial charge in [-0.15, -0.1) is 0 Å². The lowest BCUT2D eigenvalue weighted by Crippen LogP contribution is -2.46. The minimum absolute atomic E-state index is 0.122. The van der Waals surface area contributed by atoms with Crippen LogP contribution in [0.2, 0.25) is 0 Å². The van der Waals surface area contributed by atoms with Crippen molar-refractivity contribution in [1.82, 2.24) is 0 Å². The molecule has 0 amide bonds. The van der Waals surface area contributed by atoms with Crippen molar-refractivity contribution in [2.24, 2.45) is 5.41 Å². The van der Waals surface area contributed by atoms with E-state index in [1.165, 1.54) is 5.56 Å². The summed E-state index contributed by atoms with van der Waals surface area (Å²) in [7, 11) is 0. The summed E-state index contributed by atoms with van der Waals surface area (Å²) < 4.78 is 12.8. The van der Waals surface area contributed by atoms with E-state index in [4.69, 9.17) is 9.47 Å². The molecule has 3 rings (SSSR count). The Balaban J connectivity index is 1.75. The lowest BCUT2D eigenvalue weighted by molar-refractivity contribution is -0.137. The van der Waals surface area contributed by atoms with E-state index < -0.39 is 0 Å². The molecule has 3 unspecified atom stereocenters. The molecule has 2 aliphatic heterocycles. The van der Waals surface area contributed by atoms with Crippen LogP contribution in [0.15, 0.2) is 30.3 Å². The van der Waals surface area contributed by atoms with Gasteiger partial charge in [-0.25, -0.2) is 0 Å². The summed E-state index contributed by atoms with van der Waals surface area (Å²) in [6.07, 6.45) is 4.04. The first-order valence-electron chi connectivity index (χ1n) is 8.43. The number of benzene rings is 1. The van der Waals surface area contributed by atoms with Crippen LogP contribution in [-0.2, 0) is 16.1 Å². The predicted octanol–water partition coefficient (Wildman–Crippen LogP) is 3.69. The summed E-state index contributed by atoms with van der Waals surface area (Å²) >= 11 is 0. The molecule has 0 aromatic heterocycles. The molecule has 2 saturated heterocycles. The monoisotopic (exact) mass is 304 g/mol. The summed E-state index contributed by atoms with van der Waals surface area (Å²) in [4.78, 5) is 0. The Hall–Kier alpha value is -0.900. The van der Waals surface area contributed by atoms with Gasteiger partial charge in [0, 0.05) is 11.8 Å². The number of hydrogen-bond donors (Lipinski definition) is 1. The Labute approximate surface area is 133 Å². The Morgan fingerprint density at radius 3 is 2.64 bits per heavy atom. The average molecular weight is 304 g/mol. The predicted molar refractivity (Wildman–Crippen MR) is 86.6 cm³/mol. The van der Waals surface area contributed by atoms with Gasteiger partial charge in [0.25, 0.3) is 0 Å². The van der Waals surface area contributed by atoms with Gasteiger partial charge in [0.1, 0.15) is 0 Å². The molecule has 2 heterocycles. The van der Waals surface area contributed by atoms with Gasteiger partial charge in [0.05, 0.1) is 30.5 Å². The van der Waals surface area contributed by atoms with Crippen LogP contribution in [0, 0.1) is 5.41 Å². The van der Waals surface area contributed by atoms with Crippen LogP contribution in [0.25, 0.3) is 0 Å². The molecule has 0 radical (unpaired) electrons. The van der Waals surface area contributed by atoms with Crippen LogP contribution >= 0.6 is 0 Å². The molecule has 2 bridgehead atoms. The topological polar surface area (TPSA) is 38.7 Å². The molecule has 122 valence electrons. The van der Waals surface area contributed by atoms with Crippen molar-refractivity contribution >= 4 is 0 Å². The molecule has 1 aromatic rings. The fourth-order valence-electron chi connectivity index (χ4n) is 4.12. The number of aliphatic hydroxyl groups is 1. The standard InChI is InChI=1S/C19H28O3/c1-4-18-10-11-19(22-18,17(2,3)14-20)12-16(18)21-13-15-8-6-5-7-9-15/h5-9,16,20H,4,10-14H2,1-3H3. The molecule has 2 aliphatic rings. The lowest BCUT2D eigenvalue weighted by atomic mass is 9.67. The van der Waals surface area contributed by atoms with E-state index in [9.17, 15) is 5.11 Å². The van der Waals surface area contributed by atoms with Crippen molar-refractivity contribution in [3.8, 4) is 0 Å². The van der Waals surface area contributed by atoms with Crippen LogP contribution in [0.4, 0.5) is 0 Å². The zero-order valence-electron chi connectivity index (χ0n) is 14.0. The molecule has 1 N–H and O–H groups in total. The van der Waals surface area contributed by atoms with Crippen LogP contribution in [0.1, 0.15) is 52.0 Å². The molecule has 0 aliphatic carbocycles. The Bertz CT molecular complexity index is 513. The Morgan fingerprint density at radius 1 is 1.27 bits per heavy atom. The van der Waals surface area contributed by atoms with Crippen molar-refractivity contribution in [3.63, 3.8) is 0 Å². The molecular formula is C19H28O3. The summed E-state index contributed by atoms with van der Waals surface area (Å²) in [5.74, 6) is 0. The molecule has 0 spiro atoms. The highest BCUT2D eigenvalue weighted by Crippen LogP contribution is 2.60. The second kappa shape index (κ2) is 5.63. The molecule has 3 heteroatoms. The van der Waals surface area contributed by atoms with Gasteiger partial charge < -0.3 is 14.6 Å². The summed E-state index contributed by atoms with van der Waals surface area (Å²) in [5.41, 5.74) is 0.571. The van der Waals surface area contributed by atoms with Gasteiger partial charge in [0.15, 0.2) is 0 Å². The first-order chi connectivity index (χ1) is 10.5. The molecule has 3 atom stereocenters. The second-order valence-electron chi connectivity index (χ2n) is 7.55. The van der Waals surface area contributed by atoms with Crippen LogP contribution in [-0.4, -0.2) is 29.0 Å². The van der Waals surface area contributed by atoms with Gasteiger partial charge in [-0.05, 0) is 24.8 Å². The maximum atomic E-state index is 9.80. The number of fused-ring (bicyclic) bond motifs is 2. The van der Waals surface area contributed by atoms with Gasteiger partial charge in [0.2, 0.25) is 0 Å². The van der Waals surface area contributed by atoms with Crippen molar-refractivity contribution in [1.29, 1.82) is 0 Å². The third kappa shape index (κ3) is 2.40. The van der Waals surface area contributed by atoms with Crippen molar-refractivity contribution in [3.05, 3.63) is 35.9 Å². The normalized spacial score (nSPS) is 34.3. The first kappa shape index (κ1) is 16.0. The van der Waals surface area contributed by atoms with E-state index >= 15 is 0 Å². The highest BCUT2D eigenvalue weighted by atomic mass is 16.6. The maximum Gasteiger partial charge on any atom is 0.0950 e. The van der Waals surface area contributed by atoms with Crippen molar-refractivity contribution in [2.45, 2.75) is 70.4 Å². The zero-order chi connectivity index (χ0) is 15.8. The van der Waals surface area contributed by atoms with Gasteiger partial charge >= 0.3 is 0 Å². The maximum absolute atomic E-state index is 9.80. The van der Waals surface area contributed by atoms with Gasteiger partial charge in [-0.1, -0.05) is 51.1 Å². The molecular weight excluding hydrogens is 276 g/mol. The summed E-state index contributed by atoms with van der Waals surface area (Å²) in [6.45, 7) is 7.19. The van der Waals surface area contributed by atoms with Crippen LogP contribution in [0.3, 0.4) is 0 Å². The molecule has 22 heavy (non-hydrogen) atoms. The molecule has 2 fully saturated rings. The fraction of sp³-hybridized carbons (Fsp3) is 0.684. The number of hydrogen-bond acceptors (Lipinski definition) is 3. The van der Waals surface area contributed by atoms with E-state index in [2.05, 4.69) is 32.9 Å².